The second-order valence-electron chi connectivity index (χ2n) is 3.87. The Labute approximate surface area is 111 Å². The summed E-state index contributed by atoms with van der Waals surface area (Å²) in [4.78, 5) is 11.2. The summed E-state index contributed by atoms with van der Waals surface area (Å²) in [6, 6.07) is 8.19. The number of nitrogens with zero attached hydrogens (tertiary/aromatic N) is 1. The molecule has 7 heteroatoms. The zero-order valence-corrected chi connectivity index (χ0v) is 11.1. The van der Waals surface area contributed by atoms with Gasteiger partial charge in [-0.2, -0.15) is 9.98 Å². The minimum Gasteiger partial charge on any atom is -0.480 e. The van der Waals surface area contributed by atoms with Crippen LogP contribution >= 0.6 is 0 Å². The van der Waals surface area contributed by atoms with E-state index >= 15 is 0 Å². The standard InChI is InChI=1S/C12H14N2O4S/c1-2-10(8-13)19(17,18)14-11(12(15)16)9-6-4-3-5-7-9/h3-7,10-11,14H,2H2,1H3,(H,15,16)/t10?,11-/m0/s1. The molecule has 0 saturated carbocycles. The fourth-order valence-corrected chi connectivity index (χ4v) is 2.84. The van der Waals surface area contributed by atoms with E-state index in [1.165, 1.54) is 12.1 Å². The topological polar surface area (TPSA) is 107 Å². The number of hydrogen-bond donors (Lipinski definition) is 2. The lowest BCUT2D eigenvalue weighted by molar-refractivity contribution is -0.139. The molecule has 2 N–H and O–H groups in total. The summed E-state index contributed by atoms with van der Waals surface area (Å²) in [7, 11) is -4.01. The lowest BCUT2D eigenvalue weighted by atomic mass is 10.1. The van der Waals surface area contributed by atoms with Crippen LogP contribution in [-0.4, -0.2) is 24.7 Å². The molecule has 102 valence electrons. The molecule has 1 unspecified atom stereocenters. The van der Waals surface area contributed by atoms with E-state index in [0.717, 1.165) is 0 Å². The first-order valence-corrected chi connectivity index (χ1v) is 7.15. The molecule has 0 saturated heterocycles. The molecule has 0 amide bonds. The molecule has 0 fully saturated rings. The molecule has 6 nitrogen and oxygen atoms in total. The third-order valence-electron chi connectivity index (χ3n) is 2.55. The predicted octanol–water partition coefficient (Wildman–Crippen LogP) is 1.03. The van der Waals surface area contributed by atoms with E-state index in [1.54, 1.807) is 31.2 Å². The summed E-state index contributed by atoms with van der Waals surface area (Å²) in [5.41, 5.74) is 0.311. The number of nitriles is 1. The summed E-state index contributed by atoms with van der Waals surface area (Å²) in [6.07, 6.45) is 0.0902. The van der Waals surface area contributed by atoms with Crippen molar-refractivity contribution >= 4 is 16.0 Å². The van der Waals surface area contributed by atoms with Crippen molar-refractivity contribution in [3.63, 3.8) is 0 Å². The number of carboxylic acids is 1. The van der Waals surface area contributed by atoms with Gasteiger partial charge in [-0.25, -0.2) is 8.42 Å². The highest BCUT2D eigenvalue weighted by Crippen LogP contribution is 2.16. The van der Waals surface area contributed by atoms with E-state index in [9.17, 15) is 13.2 Å². The van der Waals surface area contributed by atoms with Gasteiger partial charge < -0.3 is 5.11 Å². The highest BCUT2D eigenvalue weighted by Gasteiger charge is 2.30. The van der Waals surface area contributed by atoms with Crippen molar-refractivity contribution in [2.24, 2.45) is 0 Å². The Hall–Kier alpha value is -1.91. The van der Waals surface area contributed by atoms with Crippen LogP contribution in [0.1, 0.15) is 24.9 Å². The van der Waals surface area contributed by atoms with Crippen LogP contribution in [0, 0.1) is 11.3 Å². The van der Waals surface area contributed by atoms with Crippen LogP contribution in [0.2, 0.25) is 0 Å². The molecule has 0 aliphatic rings. The molecule has 19 heavy (non-hydrogen) atoms. The molecule has 0 heterocycles. The van der Waals surface area contributed by atoms with E-state index in [0.29, 0.717) is 5.56 Å². The van der Waals surface area contributed by atoms with Gasteiger partial charge in [0.05, 0.1) is 6.07 Å². The monoisotopic (exact) mass is 282 g/mol. The van der Waals surface area contributed by atoms with Gasteiger partial charge >= 0.3 is 5.97 Å². The molecule has 0 aliphatic carbocycles. The zero-order valence-electron chi connectivity index (χ0n) is 10.3. The maximum absolute atomic E-state index is 11.9. The second-order valence-corrected chi connectivity index (χ2v) is 5.77. The van der Waals surface area contributed by atoms with Crippen LogP contribution in [0.25, 0.3) is 0 Å². The van der Waals surface area contributed by atoms with Crippen molar-refractivity contribution in [1.82, 2.24) is 4.72 Å². The van der Waals surface area contributed by atoms with Gasteiger partial charge in [0.2, 0.25) is 10.0 Å². The molecule has 0 bridgehead atoms. The lowest BCUT2D eigenvalue weighted by Crippen LogP contribution is -2.39. The van der Waals surface area contributed by atoms with Gasteiger partial charge in [-0.15, -0.1) is 0 Å². The second kappa shape index (κ2) is 6.31. The normalized spacial score (nSPS) is 14.3. The Bertz CT molecular complexity index is 577. The Balaban J connectivity index is 3.06. The Kier molecular flexibility index (Phi) is 5.03. The quantitative estimate of drug-likeness (QED) is 0.810. The SMILES string of the molecule is CCC(C#N)S(=O)(=O)N[C@H](C(=O)O)c1ccccc1. The van der Waals surface area contributed by atoms with Crippen LogP contribution in [0.5, 0.6) is 0 Å². The van der Waals surface area contributed by atoms with Crippen molar-refractivity contribution in [3.05, 3.63) is 35.9 Å². The first-order chi connectivity index (χ1) is 8.92. The number of hydrogen-bond acceptors (Lipinski definition) is 4. The van der Waals surface area contributed by atoms with Crippen molar-refractivity contribution in [3.8, 4) is 6.07 Å². The van der Waals surface area contributed by atoms with Gasteiger partial charge in [0.15, 0.2) is 5.25 Å². The fourth-order valence-electron chi connectivity index (χ4n) is 1.53. The molecule has 2 atom stereocenters. The van der Waals surface area contributed by atoms with Crippen LogP contribution in [0.3, 0.4) is 0 Å². The van der Waals surface area contributed by atoms with Crippen molar-refractivity contribution in [2.45, 2.75) is 24.6 Å². The van der Waals surface area contributed by atoms with Crippen molar-refractivity contribution < 1.29 is 18.3 Å². The number of nitrogens with one attached hydrogen (secondary N) is 1. The Morgan fingerprint density at radius 2 is 2.00 bits per heavy atom. The third-order valence-corrected chi connectivity index (χ3v) is 4.30. The molecular formula is C12H14N2O4S. The number of sulfonamides is 1. The molecule has 1 rings (SSSR count). The van der Waals surface area contributed by atoms with E-state index < -0.39 is 27.3 Å². The predicted molar refractivity (Wildman–Crippen MR) is 68.6 cm³/mol. The summed E-state index contributed by atoms with van der Waals surface area (Å²) >= 11 is 0. The molecule has 0 aromatic heterocycles. The number of carbonyl (C=O) groups is 1. The van der Waals surface area contributed by atoms with E-state index in [2.05, 4.69) is 4.72 Å². The van der Waals surface area contributed by atoms with Gasteiger partial charge in [-0.3, -0.25) is 4.79 Å². The molecular weight excluding hydrogens is 268 g/mol. The van der Waals surface area contributed by atoms with Gasteiger partial charge in [-0.05, 0) is 12.0 Å². The van der Waals surface area contributed by atoms with Crippen LogP contribution in [0.15, 0.2) is 30.3 Å². The average Bonchev–Trinajstić information content (AvgIpc) is 2.38. The highest BCUT2D eigenvalue weighted by molar-refractivity contribution is 7.90. The molecule has 0 radical (unpaired) electrons. The first-order valence-electron chi connectivity index (χ1n) is 5.61. The summed E-state index contributed by atoms with van der Waals surface area (Å²) in [5.74, 6) is -1.32. The Morgan fingerprint density at radius 1 is 1.42 bits per heavy atom. The van der Waals surface area contributed by atoms with Gasteiger partial charge in [0, 0.05) is 0 Å². The summed E-state index contributed by atoms with van der Waals surface area (Å²) in [5, 5.41) is 16.6. The number of rotatable bonds is 6. The molecule has 1 aromatic rings. The number of carboxylic acid groups (broad SMARTS) is 1. The van der Waals surface area contributed by atoms with Gasteiger partial charge in [0.1, 0.15) is 6.04 Å². The summed E-state index contributed by atoms with van der Waals surface area (Å²) < 4.78 is 25.8. The van der Waals surface area contributed by atoms with E-state index in [-0.39, 0.29) is 6.42 Å². The first kappa shape index (κ1) is 15.1. The summed E-state index contributed by atoms with van der Waals surface area (Å²) in [6.45, 7) is 1.55. The fraction of sp³-hybridized carbons (Fsp3) is 0.333. The van der Waals surface area contributed by atoms with Crippen LogP contribution < -0.4 is 4.72 Å². The largest absolute Gasteiger partial charge is 0.480 e. The highest BCUT2D eigenvalue weighted by atomic mass is 32.2. The number of aliphatic carboxylic acids is 1. The van der Waals surface area contributed by atoms with E-state index in [4.69, 9.17) is 10.4 Å². The van der Waals surface area contributed by atoms with E-state index in [1.807, 2.05) is 0 Å². The maximum atomic E-state index is 11.9. The third kappa shape index (κ3) is 3.77. The number of benzene rings is 1. The van der Waals surface area contributed by atoms with Crippen molar-refractivity contribution in [2.75, 3.05) is 0 Å². The van der Waals surface area contributed by atoms with Gasteiger partial charge in [-0.1, -0.05) is 37.3 Å². The van der Waals surface area contributed by atoms with Crippen molar-refractivity contribution in [1.29, 1.82) is 5.26 Å². The average molecular weight is 282 g/mol. The molecule has 0 aliphatic heterocycles. The Morgan fingerprint density at radius 3 is 2.42 bits per heavy atom. The minimum atomic E-state index is -4.01. The van der Waals surface area contributed by atoms with Crippen LogP contribution in [-0.2, 0) is 14.8 Å². The maximum Gasteiger partial charge on any atom is 0.326 e. The lowest BCUT2D eigenvalue weighted by Gasteiger charge is -2.17. The molecule has 0 spiro atoms. The molecule has 1 aromatic carbocycles. The smallest absolute Gasteiger partial charge is 0.326 e. The minimum absolute atomic E-state index is 0.0902. The zero-order chi connectivity index (χ0) is 14.5. The van der Waals surface area contributed by atoms with Crippen LogP contribution in [0.4, 0.5) is 0 Å². The van der Waals surface area contributed by atoms with Gasteiger partial charge in [0.25, 0.3) is 0 Å².